The number of anilines is 1. The van der Waals surface area contributed by atoms with E-state index in [1.54, 1.807) is 0 Å². The Balaban J connectivity index is 0.00000324. The van der Waals surface area contributed by atoms with Crippen LogP contribution in [0.1, 0.15) is 51.0 Å². The first kappa shape index (κ1) is 19.0. The third kappa shape index (κ3) is 9.54. The van der Waals surface area contributed by atoms with Gasteiger partial charge >= 0.3 is 0 Å². The minimum absolute atomic E-state index is 0. The van der Waals surface area contributed by atoms with Crippen molar-refractivity contribution >= 4 is 34.9 Å². The Hall–Kier alpha value is 0.0183. The van der Waals surface area contributed by atoms with Gasteiger partial charge in [0.25, 0.3) is 0 Å². The van der Waals surface area contributed by atoms with Crippen LogP contribution in [0, 0.1) is 0 Å². The molecule has 0 aromatic heterocycles. The summed E-state index contributed by atoms with van der Waals surface area (Å²) in [4.78, 5) is 0. The van der Waals surface area contributed by atoms with Crippen molar-refractivity contribution in [1.29, 1.82) is 0 Å². The molecule has 0 saturated carbocycles. The molecule has 0 aliphatic carbocycles. The molecule has 0 aliphatic rings. The third-order valence-electron chi connectivity index (χ3n) is 3.02. The number of unbranched alkanes of at least 4 members (excludes halogenated alkanes) is 5. The number of benzene rings is 1. The van der Waals surface area contributed by atoms with Crippen LogP contribution in [-0.4, -0.2) is 4.32 Å². The van der Waals surface area contributed by atoms with Gasteiger partial charge in [-0.05, 0) is 30.5 Å². The fourth-order valence-electron chi connectivity index (χ4n) is 1.98. The second kappa shape index (κ2) is 11.8. The van der Waals surface area contributed by atoms with E-state index < -0.39 is 0 Å². The fourth-order valence-corrected chi connectivity index (χ4v) is 2.22. The van der Waals surface area contributed by atoms with Gasteiger partial charge in [-0.25, -0.2) is 0 Å². The first-order valence-corrected chi connectivity index (χ1v) is 7.61. The maximum atomic E-state index is 4.83. The van der Waals surface area contributed by atoms with E-state index in [2.05, 4.69) is 24.4 Å². The first-order chi connectivity index (χ1) is 8.72. The van der Waals surface area contributed by atoms with Crippen LogP contribution in [0.5, 0.6) is 0 Å². The summed E-state index contributed by atoms with van der Waals surface area (Å²) in [5.41, 5.74) is 2.38. The molecule has 106 valence electrons. The van der Waals surface area contributed by atoms with Gasteiger partial charge < -0.3 is 30.2 Å². The monoisotopic (exact) mass is 378 g/mol. The summed E-state index contributed by atoms with van der Waals surface area (Å²) in [7, 11) is 0. The number of nitrogens with one attached hydrogen (secondary N) is 1. The largest absolute Gasteiger partial charge is 0.411 e. The van der Waals surface area contributed by atoms with Crippen LogP contribution in [0.2, 0.25) is 0 Å². The van der Waals surface area contributed by atoms with Gasteiger partial charge in [-0.2, -0.15) is 0 Å². The van der Waals surface area contributed by atoms with Crippen LogP contribution in [0.4, 0.5) is 5.69 Å². The van der Waals surface area contributed by atoms with E-state index >= 15 is 0 Å². The van der Waals surface area contributed by atoms with Crippen molar-refractivity contribution in [1.82, 2.24) is 0 Å². The van der Waals surface area contributed by atoms with Crippen LogP contribution < -0.4 is 5.32 Å². The Morgan fingerprint density at radius 3 is 2.21 bits per heavy atom. The van der Waals surface area contributed by atoms with E-state index in [9.17, 15) is 0 Å². The topological polar surface area (TPSA) is 12.0 Å². The van der Waals surface area contributed by atoms with E-state index in [0.29, 0.717) is 4.32 Å². The molecule has 0 unspecified atom stereocenters. The zero-order valence-electron chi connectivity index (χ0n) is 11.5. The molecule has 0 aliphatic heterocycles. The van der Waals surface area contributed by atoms with Crippen LogP contribution in [0.3, 0.4) is 0 Å². The smallest absolute Gasteiger partial charge is 0.0371 e. The van der Waals surface area contributed by atoms with Crippen molar-refractivity contribution in [2.24, 2.45) is 0 Å². The van der Waals surface area contributed by atoms with E-state index in [1.165, 1.54) is 50.5 Å². The molecule has 0 saturated heterocycles. The number of hydrogen-bond acceptors (Lipinski definition) is 2. The number of aryl methyl sites for hydroxylation is 1. The minimum atomic E-state index is 0. The summed E-state index contributed by atoms with van der Waals surface area (Å²) in [5.74, 6) is 0. The molecular weight excluding hydrogens is 354 g/mol. The second-order valence-corrected chi connectivity index (χ2v) is 5.70. The molecule has 0 fully saturated rings. The molecule has 4 heteroatoms. The Labute approximate surface area is 142 Å². The standard InChI is InChI=1S/C15H23NS2.Mo/c1-2-3-4-5-6-7-8-13-9-11-14(12-10-13)16-15(17)18;/h9-12H,2-8H2,1H3,(H2,16,17,18);/p-1. The molecule has 0 spiro atoms. The molecule has 1 aromatic carbocycles. The van der Waals surface area contributed by atoms with Gasteiger partial charge in [-0.3, -0.25) is 0 Å². The predicted molar refractivity (Wildman–Crippen MR) is 87.1 cm³/mol. The first-order valence-electron chi connectivity index (χ1n) is 6.79. The molecule has 0 amide bonds. The van der Waals surface area contributed by atoms with Gasteiger partial charge in [-0.1, -0.05) is 55.5 Å². The van der Waals surface area contributed by atoms with Crippen molar-refractivity contribution in [3.8, 4) is 0 Å². The SMILES string of the molecule is CCCCCCCCc1ccc(NC(=S)[S-])cc1.[Mo]. The minimum Gasteiger partial charge on any atom is -0.411 e. The Morgan fingerprint density at radius 1 is 1.05 bits per heavy atom. The average molecular weight is 376 g/mol. The van der Waals surface area contributed by atoms with Crippen LogP contribution in [0.25, 0.3) is 0 Å². The Kier molecular flexibility index (Phi) is 11.8. The summed E-state index contributed by atoms with van der Waals surface area (Å²) in [6.07, 6.45) is 9.25. The van der Waals surface area contributed by atoms with Crippen molar-refractivity contribution in [2.45, 2.75) is 51.9 Å². The normalized spacial score (nSPS) is 9.74. The second-order valence-electron chi connectivity index (χ2n) is 4.63. The quantitative estimate of drug-likeness (QED) is 0.302. The van der Waals surface area contributed by atoms with Crippen LogP contribution in [0.15, 0.2) is 24.3 Å². The van der Waals surface area contributed by atoms with Crippen molar-refractivity contribution in [2.75, 3.05) is 5.32 Å². The fraction of sp³-hybridized carbons (Fsp3) is 0.533. The van der Waals surface area contributed by atoms with Gasteiger partial charge in [0, 0.05) is 26.8 Å². The van der Waals surface area contributed by atoms with Crippen LogP contribution >= 0.6 is 12.2 Å². The Morgan fingerprint density at radius 2 is 1.63 bits per heavy atom. The molecule has 0 radical (unpaired) electrons. The third-order valence-corrected chi connectivity index (χ3v) is 3.22. The zero-order valence-corrected chi connectivity index (χ0v) is 15.1. The van der Waals surface area contributed by atoms with Gasteiger partial charge in [0.1, 0.15) is 0 Å². The zero-order chi connectivity index (χ0) is 13.2. The summed E-state index contributed by atoms with van der Waals surface area (Å²) in [6.45, 7) is 2.25. The van der Waals surface area contributed by atoms with E-state index in [0.717, 1.165) is 5.69 Å². The molecule has 1 aromatic rings. The number of hydrogen-bond donors (Lipinski definition) is 1. The maximum absolute atomic E-state index is 4.83. The molecule has 1 N–H and O–H groups in total. The average Bonchev–Trinajstić information content (AvgIpc) is 2.35. The summed E-state index contributed by atoms with van der Waals surface area (Å²) in [6, 6.07) is 8.40. The summed E-state index contributed by atoms with van der Waals surface area (Å²) in [5, 5.41) is 2.97. The predicted octanol–water partition coefficient (Wildman–Crippen LogP) is 4.83. The van der Waals surface area contributed by atoms with Crippen molar-refractivity contribution < 1.29 is 21.1 Å². The molecule has 0 atom stereocenters. The number of thiocarbonyl (C=S) groups is 1. The van der Waals surface area contributed by atoms with Crippen molar-refractivity contribution in [3.05, 3.63) is 29.8 Å². The maximum Gasteiger partial charge on any atom is 0.0371 e. The van der Waals surface area contributed by atoms with Gasteiger partial charge in [-0.15, -0.1) is 0 Å². The van der Waals surface area contributed by atoms with Crippen LogP contribution in [-0.2, 0) is 40.1 Å². The Bertz CT molecular complexity index is 352. The molecule has 0 heterocycles. The summed E-state index contributed by atoms with van der Waals surface area (Å²) >= 11 is 9.67. The molecule has 0 bridgehead atoms. The number of rotatable bonds is 8. The molecule has 1 nitrogen and oxygen atoms in total. The summed E-state index contributed by atoms with van der Waals surface area (Å²) < 4.78 is 0.402. The van der Waals surface area contributed by atoms with E-state index in [4.69, 9.17) is 24.8 Å². The van der Waals surface area contributed by atoms with E-state index in [-0.39, 0.29) is 21.1 Å². The van der Waals surface area contributed by atoms with Crippen molar-refractivity contribution in [3.63, 3.8) is 0 Å². The van der Waals surface area contributed by atoms with Gasteiger partial charge in [0.05, 0.1) is 0 Å². The molecule has 1 rings (SSSR count). The van der Waals surface area contributed by atoms with Gasteiger partial charge in [0.15, 0.2) is 0 Å². The van der Waals surface area contributed by atoms with E-state index in [1.807, 2.05) is 12.1 Å². The molecular formula is C15H22MoNS2-. The molecule has 19 heavy (non-hydrogen) atoms. The van der Waals surface area contributed by atoms with Gasteiger partial charge in [0.2, 0.25) is 0 Å².